The van der Waals surface area contributed by atoms with Crippen molar-refractivity contribution in [3.63, 3.8) is 0 Å². The highest BCUT2D eigenvalue weighted by atomic mass is 16.3. The Bertz CT molecular complexity index is 751. The van der Waals surface area contributed by atoms with Gasteiger partial charge in [-0.25, -0.2) is 0 Å². The van der Waals surface area contributed by atoms with Crippen LogP contribution in [0.25, 0.3) is 10.8 Å². The number of piperidine rings is 1. The molecule has 126 valence electrons. The molecule has 1 saturated carbocycles. The van der Waals surface area contributed by atoms with Gasteiger partial charge in [-0.3, -0.25) is 4.79 Å². The lowest BCUT2D eigenvalue weighted by atomic mass is 9.88. The number of fused-ring (bicyclic) bond motifs is 1. The lowest BCUT2D eigenvalue weighted by molar-refractivity contribution is 0.0814. The van der Waals surface area contributed by atoms with E-state index in [9.17, 15) is 9.90 Å². The van der Waals surface area contributed by atoms with Gasteiger partial charge in [0, 0.05) is 24.6 Å². The molecule has 0 aromatic heterocycles. The van der Waals surface area contributed by atoms with E-state index in [1.165, 1.54) is 19.4 Å². The Labute approximate surface area is 143 Å². The Morgan fingerprint density at radius 1 is 1.17 bits per heavy atom. The maximum Gasteiger partial charge on any atom is 0.167 e. The summed E-state index contributed by atoms with van der Waals surface area (Å²) in [6, 6.07) is 11.9. The molecule has 1 N–H and O–H groups in total. The van der Waals surface area contributed by atoms with E-state index in [1.54, 1.807) is 0 Å². The van der Waals surface area contributed by atoms with Crippen LogP contribution in [0.5, 0.6) is 0 Å². The topological polar surface area (TPSA) is 40.5 Å². The molecular weight excluding hydrogens is 298 g/mol. The molecule has 0 amide bonds. The first-order valence-electron chi connectivity index (χ1n) is 9.13. The standard InChI is InChI=1S/C21H25NO2/c23-14-19-11-18(10-16-4-1-2-6-20(16)19)21(24)17-5-3-9-22(13-17)12-15-7-8-15/h1-2,4,6,10-11,15,17,23H,3,5,7-9,12-14H2. The van der Waals surface area contributed by atoms with Gasteiger partial charge in [0.15, 0.2) is 5.78 Å². The first-order valence-corrected chi connectivity index (χ1v) is 9.13. The summed E-state index contributed by atoms with van der Waals surface area (Å²) in [7, 11) is 0. The molecule has 4 rings (SSSR count). The zero-order valence-corrected chi connectivity index (χ0v) is 14.1. The van der Waals surface area contributed by atoms with Crippen molar-refractivity contribution >= 4 is 16.6 Å². The first kappa shape index (κ1) is 15.8. The van der Waals surface area contributed by atoms with Crippen molar-refractivity contribution < 1.29 is 9.90 Å². The fourth-order valence-corrected chi connectivity index (χ4v) is 4.00. The predicted octanol–water partition coefficient (Wildman–Crippen LogP) is 3.64. The number of Topliss-reactive ketones (excluding diaryl/α,β-unsaturated/α-hetero) is 1. The van der Waals surface area contributed by atoms with Crippen molar-refractivity contribution in [1.82, 2.24) is 4.90 Å². The van der Waals surface area contributed by atoms with Crippen LogP contribution in [0.1, 0.15) is 41.6 Å². The first-order chi connectivity index (χ1) is 11.7. The second kappa shape index (κ2) is 6.66. The highest BCUT2D eigenvalue weighted by molar-refractivity contribution is 6.02. The fourth-order valence-electron chi connectivity index (χ4n) is 4.00. The van der Waals surface area contributed by atoms with E-state index >= 15 is 0 Å². The molecule has 24 heavy (non-hydrogen) atoms. The molecule has 1 saturated heterocycles. The van der Waals surface area contributed by atoms with Gasteiger partial charge in [-0.1, -0.05) is 24.3 Å². The number of ketones is 1. The number of aliphatic hydroxyl groups excluding tert-OH is 1. The Hall–Kier alpha value is -1.71. The molecule has 2 fully saturated rings. The summed E-state index contributed by atoms with van der Waals surface area (Å²) >= 11 is 0. The van der Waals surface area contributed by atoms with Crippen LogP contribution in [-0.2, 0) is 6.61 Å². The third-order valence-corrected chi connectivity index (χ3v) is 5.49. The van der Waals surface area contributed by atoms with Crippen molar-refractivity contribution in [3.8, 4) is 0 Å². The maximum absolute atomic E-state index is 13.1. The second-order valence-corrected chi connectivity index (χ2v) is 7.42. The van der Waals surface area contributed by atoms with E-state index in [4.69, 9.17) is 0 Å². The minimum absolute atomic E-state index is 0.0277. The number of hydrogen-bond acceptors (Lipinski definition) is 3. The lowest BCUT2D eigenvalue weighted by Crippen LogP contribution is -2.39. The van der Waals surface area contributed by atoms with Gasteiger partial charge in [0.1, 0.15) is 0 Å². The molecule has 0 bridgehead atoms. The highest BCUT2D eigenvalue weighted by Gasteiger charge is 2.30. The average Bonchev–Trinajstić information content (AvgIpc) is 3.44. The number of likely N-dealkylation sites (tertiary alicyclic amines) is 1. The summed E-state index contributed by atoms with van der Waals surface area (Å²) < 4.78 is 0. The average molecular weight is 323 g/mol. The Kier molecular flexibility index (Phi) is 4.38. The molecule has 2 aromatic carbocycles. The molecule has 0 spiro atoms. The van der Waals surface area contributed by atoms with Crippen LogP contribution in [0.2, 0.25) is 0 Å². The van der Waals surface area contributed by atoms with Gasteiger partial charge in [-0.2, -0.15) is 0 Å². The van der Waals surface area contributed by atoms with Gasteiger partial charge in [0.05, 0.1) is 6.61 Å². The summed E-state index contributed by atoms with van der Waals surface area (Å²) in [6.45, 7) is 3.18. The summed E-state index contributed by atoms with van der Waals surface area (Å²) in [6.07, 6.45) is 4.82. The number of hydrogen-bond donors (Lipinski definition) is 1. The van der Waals surface area contributed by atoms with Gasteiger partial charge in [-0.15, -0.1) is 0 Å². The van der Waals surface area contributed by atoms with E-state index in [0.29, 0.717) is 0 Å². The summed E-state index contributed by atoms with van der Waals surface area (Å²) in [5.74, 6) is 1.22. The Morgan fingerprint density at radius 3 is 2.79 bits per heavy atom. The molecule has 1 unspecified atom stereocenters. The van der Waals surface area contributed by atoms with Gasteiger partial charge < -0.3 is 10.0 Å². The van der Waals surface area contributed by atoms with E-state index in [1.807, 2.05) is 36.4 Å². The van der Waals surface area contributed by atoms with E-state index in [-0.39, 0.29) is 18.3 Å². The monoisotopic (exact) mass is 323 g/mol. The maximum atomic E-state index is 13.1. The summed E-state index contributed by atoms with van der Waals surface area (Å²) in [5.41, 5.74) is 1.61. The number of nitrogens with zero attached hydrogens (tertiary/aromatic N) is 1. The molecule has 1 aliphatic heterocycles. The van der Waals surface area contributed by atoms with E-state index < -0.39 is 0 Å². The molecule has 1 atom stereocenters. The third kappa shape index (κ3) is 3.24. The van der Waals surface area contributed by atoms with Crippen LogP contribution < -0.4 is 0 Å². The normalized spacial score (nSPS) is 22.0. The minimum atomic E-state index is -0.0277. The molecule has 3 nitrogen and oxygen atoms in total. The minimum Gasteiger partial charge on any atom is -0.392 e. The van der Waals surface area contributed by atoms with E-state index in [0.717, 1.165) is 53.7 Å². The highest BCUT2D eigenvalue weighted by Crippen LogP contribution is 2.32. The van der Waals surface area contributed by atoms with Crippen molar-refractivity contribution in [1.29, 1.82) is 0 Å². The largest absolute Gasteiger partial charge is 0.392 e. The summed E-state index contributed by atoms with van der Waals surface area (Å²) in [4.78, 5) is 15.5. The molecule has 3 heteroatoms. The van der Waals surface area contributed by atoms with Crippen LogP contribution >= 0.6 is 0 Å². The Balaban J connectivity index is 1.57. The number of carbonyl (C=O) groups excluding carboxylic acids is 1. The number of rotatable bonds is 5. The van der Waals surface area contributed by atoms with Gasteiger partial charge in [0.25, 0.3) is 0 Å². The smallest absolute Gasteiger partial charge is 0.167 e. The van der Waals surface area contributed by atoms with Crippen molar-refractivity contribution in [3.05, 3.63) is 47.5 Å². The van der Waals surface area contributed by atoms with Crippen LogP contribution in [0.15, 0.2) is 36.4 Å². The van der Waals surface area contributed by atoms with Crippen LogP contribution in [0, 0.1) is 11.8 Å². The molecule has 1 aliphatic carbocycles. The third-order valence-electron chi connectivity index (χ3n) is 5.49. The van der Waals surface area contributed by atoms with Crippen molar-refractivity contribution in [2.45, 2.75) is 32.3 Å². The zero-order valence-electron chi connectivity index (χ0n) is 14.1. The number of benzene rings is 2. The predicted molar refractivity (Wildman–Crippen MR) is 96.1 cm³/mol. The number of aliphatic hydroxyl groups is 1. The van der Waals surface area contributed by atoms with Gasteiger partial charge in [0.2, 0.25) is 0 Å². The molecule has 1 heterocycles. The summed E-state index contributed by atoms with van der Waals surface area (Å²) in [5, 5.41) is 11.8. The van der Waals surface area contributed by atoms with Gasteiger partial charge >= 0.3 is 0 Å². The SMILES string of the molecule is O=C(c1cc(CO)c2ccccc2c1)C1CCCN(CC2CC2)C1. The second-order valence-electron chi connectivity index (χ2n) is 7.42. The van der Waals surface area contributed by atoms with Crippen LogP contribution in [0.4, 0.5) is 0 Å². The molecule has 2 aliphatic rings. The molecular formula is C21H25NO2. The quantitative estimate of drug-likeness (QED) is 0.854. The van der Waals surface area contributed by atoms with Crippen molar-refractivity contribution in [2.24, 2.45) is 11.8 Å². The Morgan fingerprint density at radius 2 is 2.00 bits per heavy atom. The van der Waals surface area contributed by atoms with Crippen LogP contribution in [0.3, 0.4) is 0 Å². The fraction of sp³-hybridized carbons (Fsp3) is 0.476. The molecule has 0 radical (unpaired) electrons. The van der Waals surface area contributed by atoms with E-state index in [2.05, 4.69) is 4.90 Å². The number of carbonyl (C=O) groups is 1. The zero-order chi connectivity index (χ0) is 16.5. The lowest BCUT2D eigenvalue weighted by Gasteiger charge is -2.32. The molecule has 2 aromatic rings. The van der Waals surface area contributed by atoms with Crippen molar-refractivity contribution in [2.75, 3.05) is 19.6 Å². The van der Waals surface area contributed by atoms with Crippen LogP contribution in [-0.4, -0.2) is 35.4 Å². The van der Waals surface area contributed by atoms with Gasteiger partial charge in [-0.05, 0) is 66.6 Å².